The van der Waals surface area contributed by atoms with Crippen LogP contribution in [0.25, 0.3) is 0 Å². The van der Waals surface area contributed by atoms with Gasteiger partial charge in [0.2, 0.25) is 15.9 Å². The van der Waals surface area contributed by atoms with Crippen molar-refractivity contribution in [2.45, 2.75) is 58.5 Å². The highest BCUT2D eigenvalue weighted by Gasteiger charge is 2.27. The zero-order valence-electron chi connectivity index (χ0n) is 13.4. The molecular formula is C14H29N3O3S. The summed E-state index contributed by atoms with van der Waals surface area (Å²) in [4.78, 5) is 11.8. The van der Waals surface area contributed by atoms with Gasteiger partial charge in [0.1, 0.15) is 0 Å². The summed E-state index contributed by atoms with van der Waals surface area (Å²) < 4.78 is 25.5. The van der Waals surface area contributed by atoms with Crippen LogP contribution < -0.4 is 10.6 Å². The number of hydrogen-bond donors (Lipinski definition) is 2. The number of amides is 1. The average Bonchev–Trinajstić information content (AvgIpc) is 2.38. The summed E-state index contributed by atoms with van der Waals surface area (Å²) in [6.07, 6.45) is 2.51. The second-order valence-electron chi connectivity index (χ2n) is 5.92. The van der Waals surface area contributed by atoms with Gasteiger partial charge in [-0.2, -0.15) is 0 Å². The lowest BCUT2D eigenvalue weighted by molar-refractivity contribution is -0.121. The fourth-order valence-electron chi connectivity index (χ4n) is 2.44. The van der Waals surface area contributed by atoms with Crippen molar-refractivity contribution in [3.63, 3.8) is 0 Å². The van der Waals surface area contributed by atoms with Gasteiger partial charge < -0.3 is 10.6 Å². The zero-order chi connectivity index (χ0) is 15.9. The molecule has 1 heterocycles. The van der Waals surface area contributed by atoms with Crippen molar-refractivity contribution in [2.24, 2.45) is 0 Å². The molecule has 0 radical (unpaired) electrons. The van der Waals surface area contributed by atoms with E-state index < -0.39 is 10.0 Å². The Morgan fingerprint density at radius 1 is 1.29 bits per heavy atom. The van der Waals surface area contributed by atoms with Crippen molar-refractivity contribution in [1.82, 2.24) is 14.9 Å². The molecule has 1 fully saturated rings. The molecule has 0 aromatic heterocycles. The maximum Gasteiger partial charge on any atom is 0.221 e. The minimum absolute atomic E-state index is 0.0398. The maximum atomic E-state index is 11.9. The highest BCUT2D eigenvalue weighted by atomic mass is 32.2. The lowest BCUT2D eigenvalue weighted by Crippen LogP contribution is -2.47. The van der Waals surface area contributed by atoms with Gasteiger partial charge in [0.05, 0.1) is 5.75 Å². The van der Waals surface area contributed by atoms with Gasteiger partial charge in [0, 0.05) is 38.1 Å². The summed E-state index contributed by atoms with van der Waals surface area (Å²) in [6.45, 7) is 7.66. The number of rotatable bonds is 8. The molecule has 0 spiro atoms. The quantitative estimate of drug-likeness (QED) is 0.690. The molecule has 1 aliphatic rings. The molecule has 1 rings (SSSR count). The standard InChI is InChI=1S/C14H29N3O3S/c1-4-11-21(19,20)17-9-6-13(7-10-17)16-14(18)5-8-15-12(2)3/h12-13,15H,4-11H2,1-3H3,(H,16,18). The number of nitrogens with one attached hydrogen (secondary N) is 2. The minimum Gasteiger partial charge on any atom is -0.353 e. The van der Waals surface area contributed by atoms with E-state index in [4.69, 9.17) is 0 Å². The van der Waals surface area contributed by atoms with E-state index >= 15 is 0 Å². The number of sulfonamides is 1. The van der Waals surface area contributed by atoms with Crippen LogP contribution in [0.2, 0.25) is 0 Å². The van der Waals surface area contributed by atoms with Crippen LogP contribution in [-0.2, 0) is 14.8 Å². The van der Waals surface area contributed by atoms with Gasteiger partial charge in [0.15, 0.2) is 0 Å². The van der Waals surface area contributed by atoms with E-state index in [2.05, 4.69) is 10.6 Å². The van der Waals surface area contributed by atoms with Crippen LogP contribution >= 0.6 is 0 Å². The molecule has 0 unspecified atom stereocenters. The molecule has 0 aromatic rings. The number of carbonyl (C=O) groups excluding carboxylic acids is 1. The zero-order valence-corrected chi connectivity index (χ0v) is 14.2. The first kappa shape index (κ1) is 18.4. The number of nitrogens with zero attached hydrogens (tertiary/aromatic N) is 1. The summed E-state index contributed by atoms with van der Waals surface area (Å²) >= 11 is 0. The molecule has 0 aliphatic carbocycles. The SMILES string of the molecule is CCCS(=O)(=O)N1CCC(NC(=O)CCNC(C)C)CC1. The van der Waals surface area contributed by atoms with Gasteiger partial charge >= 0.3 is 0 Å². The van der Waals surface area contributed by atoms with Gasteiger partial charge in [-0.3, -0.25) is 4.79 Å². The van der Waals surface area contributed by atoms with E-state index in [1.54, 1.807) is 4.31 Å². The van der Waals surface area contributed by atoms with Crippen molar-refractivity contribution < 1.29 is 13.2 Å². The largest absolute Gasteiger partial charge is 0.353 e. The van der Waals surface area contributed by atoms with E-state index in [0.29, 0.717) is 51.4 Å². The highest BCUT2D eigenvalue weighted by Crippen LogP contribution is 2.15. The topological polar surface area (TPSA) is 78.5 Å². The van der Waals surface area contributed by atoms with E-state index in [0.717, 1.165) is 0 Å². The molecule has 0 saturated carbocycles. The summed E-state index contributed by atoms with van der Waals surface area (Å²) in [5.74, 6) is 0.253. The summed E-state index contributed by atoms with van der Waals surface area (Å²) in [5, 5.41) is 6.20. The fraction of sp³-hybridized carbons (Fsp3) is 0.929. The van der Waals surface area contributed by atoms with Crippen molar-refractivity contribution in [3.8, 4) is 0 Å². The molecule has 2 N–H and O–H groups in total. The Hall–Kier alpha value is -0.660. The third-order valence-corrected chi connectivity index (χ3v) is 5.66. The second-order valence-corrected chi connectivity index (χ2v) is 8.00. The number of carbonyl (C=O) groups is 1. The Labute approximate surface area is 128 Å². The Morgan fingerprint density at radius 2 is 1.90 bits per heavy atom. The smallest absolute Gasteiger partial charge is 0.221 e. The van der Waals surface area contributed by atoms with Crippen LogP contribution in [-0.4, -0.2) is 56.1 Å². The Morgan fingerprint density at radius 3 is 2.43 bits per heavy atom. The number of hydrogen-bond acceptors (Lipinski definition) is 4. The molecule has 0 atom stereocenters. The summed E-state index contributed by atoms with van der Waals surface area (Å²) in [6, 6.07) is 0.481. The Bertz CT molecular complexity index is 415. The van der Waals surface area contributed by atoms with Crippen LogP contribution in [0.4, 0.5) is 0 Å². The van der Waals surface area contributed by atoms with Crippen molar-refractivity contribution >= 4 is 15.9 Å². The highest BCUT2D eigenvalue weighted by molar-refractivity contribution is 7.89. The predicted molar refractivity (Wildman–Crippen MR) is 84.6 cm³/mol. The molecular weight excluding hydrogens is 290 g/mol. The van der Waals surface area contributed by atoms with E-state index in [1.165, 1.54) is 0 Å². The van der Waals surface area contributed by atoms with E-state index in [9.17, 15) is 13.2 Å². The molecule has 7 heteroatoms. The number of piperidine rings is 1. The lowest BCUT2D eigenvalue weighted by atomic mass is 10.1. The monoisotopic (exact) mass is 319 g/mol. The minimum atomic E-state index is -3.10. The molecule has 1 amide bonds. The van der Waals surface area contributed by atoms with Crippen LogP contribution in [0.3, 0.4) is 0 Å². The van der Waals surface area contributed by atoms with Crippen molar-refractivity contribution in [1.29, 1.82) is 0 Å². The van der Waals surface area contributed by atoms with Crippen LogP contribution in [0.1, 0.15) is 46.5 Å². The first-order chi connectivity index (χ1) is 9.85. The first-order valence-electron chi connectivity index (χ1n) is 7.85. The molecule has 0 bridgehead atoms. The Balaban J connectivity index is 2.28. The van der Waals surface area contributed by atoms with E-state index in [-0.39, 0.29) is 17.7 Å². The lowest BCUT2D eigenvalue weighted by Gasteiger charge is -2.31. The molecule has 124 valence electrons. The van der Waals surface area contributed by atoms with Crippen LogP contribution in [0.15, 0.2) is 0 Å². The van der Waals surface area contributed by atoms with Gasteiger partial charge in [-0.25, -0.2) is 12.7 Å². The molecule has 1 saturated heterocycles. The average molecular weight is 319 g/mol. The van der Waals surface area contributed by atoms with Crippen molar-refractivity contribution in [2.75, 3.05) is 25.4 Å². The summed E-state index contributed by atoms with van der Waals surface area (Å²) in [5.41, 5.74) is 0. The summed E-state index contributed by atoms with van der Waals surface area (Å²) in [7, 11) is -3.10. The third kappa shape index (κ3) is 6.76. The van der Waals surface area contributed by atoms with Crippen LogP contribution in [0.5, 0.6) is 0 Å². The van der Waals surface area contributed by atoms with Gasteiger partial charge in [0.25, 0.3) is 0 Å². The maximum absolute atomic E-state index is 11.9. The molecule has 21 heavy (non-hydrogen) atoms. The molecule has 6 nitrogen and oxygen atoms in total. The van der Waals surface area contributed by atoms with Crippen molar-refractivity contribution in [3.05, 3.63) is 0 Å². The molecule has 0 aromatic carbocycles. The molecule has 1 aliphatic heterocycles. The fourth-order valence-corrected chi connectivity index (χ4v) is 3.98. The predicted octanol–water partition coefficient (Wildman–Crippen LogP) is 0.695. The second kappa shape index (κ2) is 8.70. The van der Waals surface area contributed by atoms with E-state index in [1.807, 2.05) is 20.8 Å². The normalized spacial score (nSPS) is 18.1. The van der Waals surface area contributed by atoms with Gasteiger partial charge in [-0.1, -0.05) is 20.8 Å². The first-order valence-corrected chi connectivity index (χ1v) is 9.46. The third-order valence-electron chi connectivity index (χ3n) is 3.58. The van der Waals surface area contributed by atoms with Gasteiger partial charge in [-0.15, -0.1) is 0 Å². The Kier molecular flexibility index (Phi) is 7.62. The van der Waals surface area contributed by atoms with Crippen LogP contribution in [0, 0.1) is 0 Å². The van der Waals surface area contributed by atoms with Gasteiger partial charge in [-0.05, 0) is 19.3 Å².